The first kappa shape index (κ1) is 18.7. The Hall–Kier alpha value is -2.36. The molecule has 1 atom stereocenters. The fourth-order valence-electron chi connectivity index (χ4n) is 4.74. The van der Waals surface area contributed by atoms with Gasteiger partial charge in [0.25, 0.3) is 5.89 Å². The van der Waals surface area contributed by atoms with Gasteiger partial charge in [0.15, 0.2) is 5.82 Å². The Bertz CT molecular complexity index is 860. The van der Waals surface area contributed by atoms with Gasteiger partial charge < -0.3 is 14.2 Å². The Labute approximate surface area is 169 Å². The van der Waals surface area contributed by atoms with Crippen molar-refractivity contribution in [3.05, 3.63) is 30.2 Å². The second-order valence-corrected chi connectivity index (χ2v) is 8.45. The summed E-state index contributed by atoms with van der Waals surface area (Å²) in [6.07, 6.45) is 2.65. The molecule has 1 amide bonds. The maximum Gasteiger partial charge on any atom is 0.276 e. The van der Waals surface area contributed by atoms with E-state index < -0.39 is 0 Å². The van der Waals surface area contributed by atoms with Gasteiger partial charge in [-0.15, -0.1) is 0 Å². The van der Waals surface area contributed by atoms with Crippen molar-refractivity contribution in [1.29, 1.82) is 0 Å². The Kier molecular flexibility index (Phi) is 4.81. The molecule has 0 aliphatic carbocycles. The number of hydrogen-bond acceptors (Lipinski definition) is 8. The Morgan fingerprint density at radius 3 is 2.83 bits per heavy atom. The minimum atomic E-state index is 0.104. The van der Waals surface area contributed by atoms with E-state index in [4.69, 9.17) is 9.26 Å². The molecule has 3 saturated heterocycles. The van der Waals surface area contributed by atoms with Crippen LogP contribution in [0.5, 0.6) is 0 Å². The number of likely N-dealkylation sites (tertiary alicyclic amines) is 2. The number of carbonyl (C=O) groups excluding carboxylic acids is 1. The first-order valence-corrected chi connectivity index (χ1v) is 10.2. The van der Waals surface area contributed by atoms with Crippen LogP contribution in [0.4, 0.5) is 0 Å². The molecular weight excluding hydrogens is 372 g/mol. The highest BCUT2D eigenvalue weighted by atomic mass is 16.5. The van der Waals surface area contributed by atoms with Gasteiger partial charge in [-0.25, -0.2) is 0 Å². The van der Waals surface area contributed by atoms with Gasteiger partial charge in [0, 0.05) is 44.3 Å². The van der Waals surface area contributed by atoms with Gasteiger partial charge in [0.05, 0.1) is 25.8 Å². The van der Waals surface area contributed by atoms with E-state index in [0.717, 1.165) is 52.4 Å². The molecule has 0 N–H and O–H groups in total. The van der Waals surface area contributed by atoms with E-state index in [-0.39, 0.29) is 17.4 Å². The SMILES string of the molecule is CN1CC2(C[C@H]1c1noc(-c3ccccn3)n1)CN(C(=O)CN1CCOCC1)C2. The summed E-state index contributed by atoms with van der Waals surface area (Å²) >= 11 is 0. The lowest BCUT2D eigenvalue weighted by molar-refractivity contribution is -0.144. The number of nitrogens with zero attached hydrogens (tertiary/aromatic N) is 6. The molecule has 1 spiro atoms. The predicted octanol–water partition coefficient (Wildman–Crippen LogP) is 0.669. The fraction of sp³-hybridized carbons (Fsp3) is 0.600. The number of ether oxygens (including phenoxy) is 1. The van der Waals surface area contributed by atoms with Crippen molar-refractivity contribution in [2.45, 2.75) is 12.5 Å². The van der Waals surface area contributed by atoms with Gasteiger partial charge in [0.2, 0.25) is 5.91 Å². The summed E-state index contributed by atoms with van der Waals surface area (Å²) in [6.45, 7) is 6.16. The van der Waals surface area contributed by atoms with Gasteiger partial charge in [-0.3, -0.25) is 19.6 Å². The standard InChI is InChI=1S/C20H26N6O3/c1-24-12-20(13-26(14-20)17(27)11-25-6-8-28-9-7-25)10-16(24)18-22-19(29-23-18)15-4-2-3-5-21-15/h2-5,16H,6-14H2,1H3/t16-/m0/s1. The maximum absolute atomic E-state index is 12.6. The highest BCUT2D eigenvalue weighted by Gasteiger charge is 2.53. The summed E-state index contributed by atoms with van der Waals surface area (Å²) in [4.78, 5) is 27.9. The van der Waals surface area contributed by atoms with Crippen LogP contribution in [-0.2, 0) is 9.53 Å². The van der Waals surface area contributed by atoms with Gasteiger partial charge in [-0.1, -0.05) is 11.2 Å². The lowest BCUT2D eigenvalue weighted by atomic mass is 9.77. The van der Waals surface area contributed by atoms with Crippen LogP contribution in [0, 0.1) is 5.41 Å². The molecule has 0 aromatic carbocycles. The van der Waals surface area contributed by atoms with Gasteiger partial charge in [0.1, 0.15) is 5.69 Å². The van der Waals surface area contributed by atoms with Crippen molar-refractivity contribution < 1.29 is 14.1 Å². The molecule has 0 bridgehead atoms. The van der Waals surface area contributed by atoms with Crippen LogP contribution < -0.4 is 0 Å². The summed E-state index contributed by atoms with van der Waals surface area (Å²) < 4.78 is 10.8. The van der Waals surface area contributed by atoms with E-state index in [0.29, 0.717) is 24.0 Å². The van der Waals surface area contributed by atoms with Crippen molar-refractivity contribution in [2.75, 3.05) is 59.5 Å². The van der Waals surface area contributed by atoms with E-state index in [1.807, 2.05) is 23.1 Å². The van der Waals surface area contributed by atoms with E-state index in [1.165, 1.54) is 0 Å². The van der Waals surface area contributed by atoms with Crippen LogP contribution in [0.2, 0.25) is 0 Å². The first-order valence-electron chi connectivity index (χ1n) is 10.2. The maximum atomic E-state index is 12.6. The first-order chi connectivity index (χ1) is 14.1. The molecule has 0 radical (unpaired) electrons. The molecule has 0 saturated carbocycles. The molecular formula is C20H26N6O3. The van der Waals surface area contributed by atoms with Gasteiger partial charge in [-0.05, 0) is 25.6 Å². The van der Waals surface area contributed by atoms with E-state index in [1.54, 1.807) is 6.20 Å². The quantitative estimate of drug-likeness (QED) is 0.743. The van der Waals surface area contributed by atoms with Gasteiger partial charge in [-0.2, -0.15) is 4.98 Å². The highest BCUT2D eigenvalue weighted by molar-refractivity contribution is 5.79. The Morgan fingerprint density at radius 1 is 1.24 bits per heavy atom. The Balaban J connectivity index is 1.20. The van der Waals surface area contributed by atoms with Crippen molar-refractivity contribution in [3.63, 3.8) is 0 Å². The average molecular weight is 398 g/mol. The van der Waals surface area contributed by atoms with Crippen molar-refractivity contribution in [2.24, 2.45) is 5.41 Å². The normalized spacial score (nSPS) is 24.7. The highest BCUT2D eigenvalue weighted by Crippen LogP contribution is 2.47. The summed E-state index contributed by atoms with van der Waals surface area (Å²) in [5.41, 5.74) is 0.816. The molecule has 5 rings (SSSR count). The second kappa shape index (κ2) is 7.47. The van der Waals surface area contributed by atoms with Crippen molar-refractivity contribution in [1.82, 2.24) is 29.8 Å². The topological polar surface area (TPSA) is 87.8 Å². The van der Waals surface area contributed by atoms with E-state index in [2.05, 4.69) is 32.0 Å². The molecule has 9 heteroatoms. The van der Waals surface area contributed by atoms with Crippen LogP contribution in [0.25, 0.3) is 11.6 Å². The van der Waals surface area contributed by atoms with Crippen LogP contribution in [0.3, 0.4) is 0 Å². The van der Waals surface area contributed by atoms with Crippen LogP contribution >= 0.6 is 0 Å². The fourth-order valence-corrected chi connectivity index (χ4v) is 4.74. The lowest BCUT2D eigenvalue weighted by Gasteiger charge is -2.48. The number of morpholine rings is 1. The minimum Gasteiger partial charge on any atom is -0.379 e. The zero-order valence-electron chi connectivity index (χ0n) is 16.7. The summed E-state index contributed by atoms with van der Waals surface area (Å²) in [5.74, 6) is 1.37. The number of hydrogen-bond donors (Lipinski definition) is 0. The minimum absolute atomic E-state index is 0.104. The second-order valence-electron chi connectivity index (χ2n) is 8.45. The molecule has 2 aromatic heterocycles. The average Bonchev–Trinajstić information content (AvgIpc) is 3.33. The number of rotatable bonds is 4. The van der Waals surface area contributed by atoms with E-state index in [9.17, 15) is 4.79 Å². The van der Waals surface area contributed by atoms with Crippen LogP contribution in [-0.4, -0.2) is 95.3 Å². The van der Waals surface area contributed by atoms with E-state index >= 15 is 0 Å². The third kappa shape index (κ3) is 3.65. The number of amides is 1. The van der Waals surface area contributed by atoms with Gasteiger partial charge >= 0.3 is 0 Å². The summed E-state index contributed by atoms with van der Waals surface area (Å²) in [6, 6.07) is 5.73. The van der Waals surface area contributed by atoms with Crippen LogP contribution in [0.15, 0.2) is 28.9 Å². The number of aromatic nitrogens is 3. The van der Waals surface area contributed by atoms with Crippen molar-refractivity contribution in [3.8, 4) is 11.6 Å². The molecule has 5 heterocycles. The zero-order chi connectivity index (χ0) is 19.8. The molecule has 9 nitrogen and oxygen atoms in total. The molecule has 0 unspecified atom stereocenters. The number of carbonyl (C=O) groups is 1. The zero-order valence-corrected chi connectivity index (χ0v) is 16.7. The monoisotopic (exact) mass is 398 g/mol. The van der Waals surface area contributed by atoms with Crippen molar-refractivity contribution >= 4 is 5.91 Å². The molecule has 2 aromatic rings. The molecule has 3 aliphatic rings. The number of pyridine rings is 1. The predicted molar refractivity (Wildman–Crippen MR) is 104 cm³/mol. The molecule has 3 aliphatic heterocycles. The van der Waals surface area contributed by atoms with Crippen LogP contribution in [0.1, 0.15) is 18.3 Å². The molecule has 154 valence electrons. The third-order valence-corrected chi connectivity index (χ3v) is 6.23. The third-order valence-electron chi connectivity index (χ3n) is 6.23. The summed E-state index contributed by atoms with van der Waals surface area (Å²) in [7, 11) is 2.09. The summed E-state index contributed by atoms with van der Waals surface area (Å²) in [5, 5.41) is 4.21. The molecule has 29 heavy (non-hydrogen) atoms. The molecule has 3 fully saturated rings. The largest absolute Gasteiger partial charge is 0.379 e. The Morgan fingerprint density at radius 2 is 2.07 bits per heavy atom. The smallest absolute Gasteiger partial charge is 0.276 e. The lowest BCUT2D eigenvalue weighted by Crippen LogP contribution is -2.61.